The normalized spacial score (nSPS) is 17.7. The van der Waals surface area contributed by atoms with Crippen LogP contribution in [0.1, 0.15) is 53.9 Å². The first kappa shape index (κ1) is 10.7. The number of hydrogen-bond donors (Lipinski definition) is 0. The van der Waals surface area contributed by atoms with E-state index >= 15 is 0 Å². The van der Waals surface area contributed by atoms with Crippen molar-refractivity contribution in [2.75, 3.05) is 0 Å². The number of hydrogen-bond acceptors (Lipinski definition) is 1. The van der Waals surface area contributed by atoms with Gasteiger partial charge in [-0.1, -0.05) is 30.9 Å². The Balaban J connectivity index is 2.31. The molecule has 2 rings (SSSR count). The van der Waals surface area contributed by atoms with E-state index in [-0.39, 0.29) is 0 Å². The third-order valence-electron chi connectivity index (χ3n) is 3.22. The molecule has 0 amide bonds. The maximum atomic E-state index is 10.9. The summed E-state index contributed by atoms with van der Waals surface area (Å²) in [6.07, 6.45) is 7.21. The van der Waals surface area contributed by atoms with Crippen molar-refractivity contribution in [3.05, 3.63) is 34.3 Å². The van der Waals surface area contributed by atoms with Crippen LogP contribution in [0.4, 0.5) is 0 Å². The molecule has 1 fully saturated rings. The Morgan fingerprint density at radius 1 is 1.20 bits per heavy atom. The SMILES string of the molecule is O=Cc1ccc(Cl)cc1C1CCCCC1. The van der Waals surface area contributed by atoms with E-state index in [4.69, 9.17) is 11.6 Å². The number of carbonyl (C=O) groups is 1. The van der Waals surface area contributed by atoms with Crippen LogP contribution in [0, 0.1) is 0 Å². The van der Waals surface area contributed by atoms with Gasteiger partial charge < -0.3 is 0 Å². The van der Waals surface area contributed by atoms with Crippen LogP contribution in [-0.4, -0.2) is 6.29 Å². The predicted molar refractivity (Wildman–Crippen MR) is 62.7 cm³/mol. The first-order valence-electron chi connectivity index (χ1n) is 5.56. The van der Waals surface area contributed by atoms with Gasteiger partial charge in [0.25, 0.3) is 0 Å². The van der Waals surface area contributed by atoms with E-state index in [0.717, 1.165) is 22.4 Å². The van der Waals surface area contributed by atoms with Gasteiger partial charge >= 0.3 is 0 Å². The molecule has 0 saturated heterocycles. The maximum Gasteiger partial charge on any atom is 0.150 e. The highest BCUT2D eigenvalue weighted by atomic mass is 35.5. The molecular weight excluding hydrogens is 208 g/mol. The van der Waals surface area contributed by atoms with Gasteiger partial charge in [-0.25, -0.2) is 0 Å². The average molecular weight is 223 g/mol. The molecule has 0 aromatic heterocycles. The lowest BCUT2D eigenvalue weighted by Crippen LogP contribution is -2.07. The van der Waals surface area contributed by atoms with Crippen molar-refractivity contribution < 1.29 is 4.79 Å². The van der Waals surface area contributed by atoms with E-state index in [9.17, 15) is 4.79 Å². The number of halogens is 1. The van der Waals surface area contributed by atoms with Crippen LogP contribution in [0.2, 0.25) is 5.02 Å². The summed E-state index contributed by atoms with van der Waals surface area (Å²) in [5.41, 5.74) is 1.96. The molecule has 0 aliphatic heterocycles. The third kappa shape index (κ3) is 2.40. The minimum atomic E-state index is 0.539. The van der Waals surface area contributed by atoms with Crippen molar-refractivity contribution in [3.63, 3.8) is 0 Å². The van der Waals surface area contributed by atoms with Crippen LogP contribution in [0.5, 0.6) is 0 Å². The van der Waals surface area contributed by atoms with E-state index in [1.807, 2.05) is 12.1 Å². The lowest BCUT2D eigenvalue weighted by molar-refractivity contribution is 0.112. The van der Waals surface area contributed by atoms with Gasteiger partial charge in [0, 0.05) is 10.6 Å². The molecule has 0 atom stereocenters. The molecule has 80 valence electrons. The summed E-state index contributed by atoms with van der Waals surface area (Å²) in [4.78, 5) is 10.9. The molecule has 1 saturated carbocycles. The highest BCUT2D eigenvalue weighted by Crippen LogP contribution is 2.35. The van der Waals surface area contributed by atoms with Gasteiger partial charge in [-0.2, -0.15) is 0 Å². The molecule has 0 radical (unpaired) electrons. The molecule has 1 aliphatic rings. The molecule has 0 bridgehead atoms. The quantitative estimate of drug-likeness (QED) is 0.686. The lowest BCUT2D eigenvalue weighted by atomic mass is 9.82. The molecule has 1 aromatic rings. The second-order valence-electron chi connectivity index (χ2n) is 4.23. The Hall–Kier alpha value is -0.820. The second-order valence-corrected chi connectivity index (χ2v) is 4.66. The minimum Gasteiger partial charge on any atom is -0.298 e. The van der Waals surface area contributed by atoms with E-state index < -0.39 is 0 Å². The zero-order valence-corrected chi connectivity index (χ0v) is 9.46. The Morgan fingerprint density at radius 3 is 2.60 bits per heavy atom. The molecule has 1 aromatic carbocycles. The monoisotopic (exact) mass is 222 g/mol. The second kappa shape index (κ2) is 4.80. The molecule has 2 heteroatoms. The summed E-state index contributed by atoms with van der Waals surface area (Å²) in [6, 6.07) is 5.58. The summed E-state index contributed by atoms with van der Waals surface area (Å²) in [7, 11) is 0. The summed E-state index contributed by atoms with van der Waals surface area (Å²) in [6.45, 7) is 0. The fourth-order valence-electron chi connectivity index (χ4n) is 2.42. The smallest absolute Gasteiger partial charge is 0.150 e. The highest BCUT2D eigenvalue weighted by Gasteiger charge is 2.18. The van der Waals surface area contributed by atoms with E-state index in [2.05, 4.69) is 0 Å². The van der Waals surface area contributed by atoms with Gasteiger partial charge in [-0.05, 0) is 42.5 Å². The van der Waals surface area contributed by atoms with Gasteiger partial charge in [0.2, 0.25) is 0 Å². The van der Waals surface area contributed by atoms with Crippen molar-refractivity contribution in [2.45, 2.75) is 38.0 Å². The van der Waals surface area contributed by atoms with Crippen LogP contribution in [0.25, 0.3) is 0 Å². The Labute approximate surface area is 95.4 Å². The molecule has 1 nitrogen and oxygen atoms in total. The molecule has 0 heterocycles. The first-order chi connectivity index (χ1) is 7.31. The van der Waals surface area contributed by atoms with Crippen molar-refractivity contribution in [1.29, 1.82) is 0 Å². The number of benzene rings is 1. The zero-order valence-electron chi connectivity index (χ0n) is 8.71. The van der Waals surface area contributed by atoms with E-state index in [1.165, 1.54) is 32.1 Å². The van der Waals surface area contributed by atoms with Gasteiger partial charge in [-0.3, -0.25) is 4.79 Å². The highest BCUT2D eigenvalue weighted by molar-refractivity contribution is 6.30. The van der Waals surface area contributed by atoms with Gasteiger partial charge in [0.1, 0.15) is 6.29 Å². The Kier molecular flexibility index (Phi) is 3.42. The van der Waals surface area contributed by atoms with Crippen molar-refractivity contribution in [2.24, 2.45) is 0 Å². The average Bonchev–Trinajstić information content (AvgIpc) is 2.30. The lowest BCUT2D eigenvalue weighted by Gasteiger charge is -2.23. The summed E-state index contributed by atoms with van der Waals surface area (Å²) >= 11 is 5.98. The summed E-state index contributed by atoms with van der Waals surface area (Å²) in [5, 5.41) is 0.737. The maximum absolute atomic E-state index is 10.9. The molecular formula is C13H15ClO. The predicted octanol–water partition coefficient (Wildman–Crippen LogP) is 4.20. The third-order valence-corrected chi connectivity index (χ3v) is 3.46. The van der Waals surface area contributed by atoms with Crippen LogP contribution in [-0.2, 0) is 0 Å². The minimum absolute atomic E-state index is 0.539. The number of aldehydes is 1. The molecule has 0 unspecified atom stereocenters. The fraction of sp³-hybridized carbons (Fsp3) is 0.462. The van der Waals surface area contributed by atoms with Crippen LogP contribution >= 0.6 is 11.6 Å². The van der Waals surface area contributed by atoms with Crippen LogP contribution in [0.15, 0.2) is 18.2 Å². The summed E-state index contributed by atoms with van der Waals surface area (Å²) in [5.74, 6) is 0.539. The summed E-state index contributed by atoms with van der Waals surface area (Å²) < 4.78 is 0. The van der Waals surface area contributed by atoms with Crippen molar-refractivity contribution >= 4 is 17.9 Å². The zero-order chi connectivity index (χ0) is 10.7. The topological polar surface area (TPSA) is 17.1 Å². The van der Waals surface area contributed by atoms with Crippen LogP contribution < -0.4 is 0 Å². The van der Waals surface area contributed by atoms with Gasteiger partial charge in [0.15, 0.2) is 0 Å². The van der Waals surface area contributed by atoms with Crippen LogP contribution in [0.3, 0.4) is 0 Å². The van der Waals surface area contributed by atoms with Crippen molar-refractivity contribution in [1.82, 2.24) is 0 Å². The number of rotatable bonds is 2. The molecule has 0 N–H and O–H groups in total. The van der Waals surface area contributed by atoms with Crippen molar-refractivity contribution in [3.8, 4) is 0 Å². The fourth-order valence-corrected chi connectivity index (χ4v) is 2.60. The largest absolute Gasteiger partial charge is 0.298 e. The van der Waals surface area contributed by atoms with Gasteiger partial charge in [-0.15, -0.1) is 0 Å². The number of carbonyl (C=O) groups excluding carboxylic acids is 1. The Bertz CT molecular complexity index is 354. The standard InChI is InChI=1S/C13H15ClO/c14-12-7-6-11(9-15)13(8-12)10-4-2-1-3-5-10/h6-10H,1-5H2. The van der Waals surface area contributed by atoms with Gasteiger partial charge in [0.05, 0.1) is 0 Å². The molecule has 1 aliphatic carbocycles. The van der Waals surface area contributed by atoms with E-state index in [0.29, 0.717) is 5.92 Å². The molecule has 0 spiro atoms. The first-order valence-corrected chi connectivity index (χ1v) is 5.93. The Morgan fingerprint density at radius 2 is 1.93 bits per heavy atom. The molecule has 15 heavy (non-hydrogen) atoms. The van der Waals surface area contributed by atoms with E-state index in [1.54, 1.807) is 6.07 Å².